The highest BCUT2D eigenvalue weighted by Crippen LogP contribution is 2.42. The van der Waals surface area contributed by atoms with E-state index in [1.54, 1.807) is 18.4 Å². The quantitative estimate of drug-likeness (QED) is 0.617. The number of fused-ring (bicyclic) bond motifs is 2. The van der Waals surface area contributed by atoms with Crippen molar-refractivity contribution in [3.63, 3.8) is 0 Å². The molecular weight excluding hydrogens is 318 g/mol. The van der Waals surface area contributed by atoms with E-state index < -0.39 is 0 Å². The van der Waals surface area contributed by atoms with E-state index in [1.807, 2.05) is 29.9 Å². The minimum atomic E-state index is 0.544. The highest BCUT2D eigenvalue weighted by molar-refractivity contribution is 7.07. The van der Waals surface area contributed by atoms with Crippen LogP contribution in [0.5, 0.6) is 5.75 Å². The van der Waals surface area contributed by atoms with Crippen LogP contribution < -0.4 is 9.54 Å². The van der Waals surface area contributed by atoms with E-state index in [0.717, 1.165) is 27.7 Å². The van der Waals surface area contributed by atoms with E-state index >= 15 is 0 Å². The highest BCUT2D eigenvalue weighted by atomic mass is 32.1. The Morgan fingerprint density at radius 1 is 1.25 bits per heavy atom. The van der Waals surface area contributed by atoms with E-state index in [2.05, 4.69) is 34.8 Å². The van der Waals surface area contributed by atoms with Gasteiger partial charge in [-0.2, -0.15) is 5.10 Å². The lowest BCUT2D eigenvalue weighted by Crippen LogP contribution is -2.15. The Labute approximate surface area is 145 Å². The van der Waals surface area contributed by atoms with Crippen molar-refractivity contribution < 1.29 is 4.74 Å². The van der Waals surface area contributed by atoms with Gasteiger partial charge in [-0.25, -0.2) is 4.68 Å². The predicted octanol–water partition coefficient (Wildman–Crippen LogP) is 3.80. The molecule has 2 aliphatic rings. The van der Waals surface area contributed by atoms with Gasteiger partial charge in [0, 0.05) is 30.1 Å². The zero-order chi connectivity index (χ0) is 16.5. The second-order valence-corrected chi connectivity index (χ2v) is 7.18. The average molecular weight is 339 g/mol. The van der Waals surface area contributed by atoms with E-state index in [0.29, 0.717) is 11.8 Å². The third kappa shape index (κ3) is 2.63. The number of benzene rings is 1. The summed E-state index contributed by atoms with van der Waals surface area (Å²) in [5, 5.41) is 6.90. The molecule has 1 heterocycles. The van der Waals surface area contributed by atoms with E-state index in [4.69, 9.17) is 9.84 Å². The first-order chi connectivity index (χ1) is 11.8. The smallest absolute Gasteiger partial charge is 0.205 e. The fourth-order valence-corrected chi connectivity index (χ4v) is 4.55. The monoisotopic (exact) mass is 339 g/mol. The van der Waals surface area contributed by atoms with Crippen molar-refractivity contribution in [1.82, 2.24) is 4.68 Å². The van der Waals surface area contributed by atoms with Crippen LogP contribution in [0, 0.1) is 17.8 Å². The molecule has 0 spiro atoms. The normalized spacial score (nSPS) is 25.9. The number of hydrogen-bond donors (Lipinski definition) is 0. The lowest BCUT2D eigenvalue weighted by atomic mass is 9.95. The number of ether oxygens (including phenoxy) is 1. The number of methoxy groups -OCH3 is 1. The lowest BCUT2D eigenvalue weighted by Gasteiger charge is -2.13. The zero-order valence-corrected chi connectivity index (χ0v) is 14.7. The van der Waals surface area contributed by atoms with Crippen molar-refractivity contribution in [2.24, 2.45) is 27.8 Å². The van der Waals surface area contributed by atoms with Crippen LogP contribution in [-0.2, 0) is 0 Å². The van der Waals surface area contributed by atoms with Crippen molar-refractivity contribution in [3.05, 3.63) is 46.6 Å². The number of aromatic nitrogens is 1. The molecule has 1 aromatic heterocycles. The third-order valence-corrected chi connectivity index (χ3v) is 5.87. The highest BCUT2D eigenvalue weighted by Gasteiger charge is 2.34. The maximum absolute atomic E-state index is 5.52. The van der Waals surface area contributed by atoms with E-state index in [1.165, 1.54) is 12.8 Å². The van der Waals surface area contributed by atoms with Crippen LogP contribution in [0.3, 0.4) is 0 Å². The van der Waals surface area contributed by atoms with Gasteiger partial charge in [0.05, 0.1) is 12.8 Å². The summed E-state index contributed by atoms with van der Waals surface area (Å²) in [6.45, 7) is 0. The standard InChI is InChI=1S/C19H21N3OS/c1-20-19-22(21-11-15-10-13-7-8-14(15)9-13)17(12-24-19)16-5-3-4-6-18(16)23-2/h3-8,11-15H,9-10H2,1-2H3. The Morgan fingerprint density at radius 2 is 2.12 bits per heavy atom. The molecule has 0 aliphatic heterocycles. The van der Waals surface area contributed by atoms with Gasteiger partial charge in [-0.15, -0.1) is 11.3 Å². The van der Waals surface area contributed by atoms with Crippen LogP contribution in [-0.4, -0.2) is 25.0 Å². The first-order valence-corrected chi connectivity index (χ1v) is 9.17. The first-order valence-electron chi connectivity index (χ1n) is 8.29. The van der Waals surface area contributed by atoms with Gasteiger partial charge >= 0.3 is 0 Å². The van der Waals surface area contributed by atoms with E-state index in [-0.39, 0.29) is 0 Å². The minimum Gasteiger partial charge on any atom is -0.496 e. The second kappa shape index (κ2) is 6.40. The molecule has 124 valence electrons. The fourth-order valence-electron chi connectivity index (χ4n) is 3.75. The van der Waals surface area contributed by atoms with Crippen LogP contribution in [0.4, 0.5) is 0 Å². The molecule has 2 aliphatic carbocycles. The molecule has 2 aromatic rings. The van der Waals surface area contributed by atoms with Crippen molar-refractivity contribution in [2.75, 3.05) is 14.2 Å². The van der Waals surface area contributed by atoms with Gasteiger partial charge in [0.2, 0.25) is 4.80 Å². The lowest BCUT2D eigenvalue weighted by molar-refractivity contribution is 0.416. The van der Waals surface area contributed by atoms with Crippen molar-refractivity contribution in [1.29, 1.82) is 0 Å². The summed E-state index contributed by atoms with van der Waals surface area (Å²) in [7, 11) is 3.51. The summed E-state index contributed by atoms with van der Waals surface area (Å²) >= 11 is 1.60. The Kier molecular flexibility index (Phi) is 4.10. The first kappa shape index (κ1) is 15.4. The molecule has 1 aromatic carbocycles. The molecule has 5 heteroatoms. The number of thiazole rings is 1. The molecule has 4 nitrogen and oxygen atoms in total. The van der Waals surface area contributed by atoms with Crippen molar-refractivity contribution in [3.8, 4) is 17.0 Å². The van der Waals surface area contributed by atoms with E-state index in [9.17, 15) is 0 Å². The molecule has 4 rings (SSSR count). The molecule has 3 unspecified atom stereocenters. The van der Waals surface area contributed by atoms with Crippen LogP contribution >= 0.6 is 11.3 Å². The fraction of sp³-hybridized carbons (Fsp3) is 0.368. The van der Waals surface area contributed by atoms with Gasteiger partial charge in [-0.05, 0) is 36.8 Å². The number of rotatable bonds is 4. The molecule has 0 radical (unpaired) electrons. The third-order valence-electron chi connectivity index (χ3n) is 4.96. The van der Waals surface area contributed by atoms with Crippen molar-refractivity contribution >= 4 is 17.6 Å². The number of allylic oxidation sites excluding steroid dienone is 2. The van der Waals surface area contributed by atoms with Crippen LogP contribution in [0.25, 0.3) is 11.3 Å². The van der Waals surface area contributed by atoms with Gasteiger partial charge in [-0.3, -0.25) is 4.99 Å². The Balaban J connectivity index is 1.72. The summed E-state index contributed by atoms with van der Waals surface area (Å²) in [6.07, 6.45) is 9.34. The topological polar surface area (TPSA) is 38.9 Å². The minimum absolute atomic E-state index is 0.544. The second-order valence-electron chi connectivity index (χ2n) is 6.35. The van der Waals surface area contributed by atoms with Crippen LogP contribution in [0.2, 0.25) is 0 Å². The molecule has 0 saturated heterocycles. The summed E-state index contributed by atoms with van der Waals surface area (Å²) in [5.74, 6) is 2.81. The Morgan fingerprint density at radius 3 is 2.83 bits per heavy atom. The molecule has 3 atom stereocenters. The van der Waals surface area contributed by atoms with Gasteiger partial charge in [-0.1, -0.05) is 24.3 Å². The Hall–Kier alpha value is -2.14. The molecule has 0 amide bonds. The van der Waals surface area contributed by atoms with Gasteiger partial charge < -0.3 is 4.74 Å². The SMILES string of the molecule is CN=c1scc(-c2ccccc2OC)n1N=CC1CC2C=CC1C2. The molecular formula is C19H21N3OS. The Bertz CT molecular complexity index is 861. The van der Waals surface area contributed by atoms with Gasteiger partial charge in [0.15, 0.2) is 0 Å². The molecule has 24 heavy (non-hydrogen) atoms. The average Bonchev–Trinajstić information content (AvgIpc) is 3.34. The molecule has 1 fully saturated rings. The number of hydrogen-bond acceptors (Lipinski definition) is 4. The maximum Gasteiger partial charge on any atom is 0.205 e. The molecule has 1 saturated carbocycles. The summed E-state index contributed by atoms with van der Waals surface area (Å²) in [5.41, 5.74) is 2.06. The van der Waals surface area contributed by atoms with Crippen LogP contribution in [0.1, 0.15) is 12.8 Å². The molecule has 0 N–H and O–H groups in total. The summed E-state index contributed by atoms with van der Waals surface area (Å²) in [4.78, 5) is 5.27. The van der Waals surface area contributed by atoms with Crippen LogP contribution in [0.15, 0.2) is 51.9 Å². The molecule has 2 bridgehead atoms. The number of para-hydroxylation sites is 1. The van der Waals surface area contributed by atoms with Crippen molar-refractivity contribution in [2.45, 2.75) is 12.8 Å². The summed E-state index contributed by atoms with van der Waals surface area (Å²) in [6, 6.07) is 8.04. The van der Waals surface area contributed by atoms with Gasteiger partial charge in [0.25, 0.3) is 0 Å². The zero-order valence-electron chi connectivity index (χ0n) is 13.9. The summed E-state index contributed by atoms with van der Waals surface area (Å²) < 4.78 is 7.46. The predicted molar refractivity (Wildman–Crippen MR) is 98.5 cm³/mol. The van der Waals surface area contributed by atoms with Gasteiger partial charge in [0.1, 0.15) is 5.75 Å². The maximum atomic E-state index is 5.52. The largest absolute Gasteiger partial charge is 0.496 e. The number of nitrogens with zero attached hydrogens (tertiary/aromatic N) is 3.